The van der Waals surface area contributed by atoms with E-state index >= 15 is 0 Å². The summed E-state index contributed by atoms with van der Waals surface area (Å²) in [7, 11) is 1.98. The highest BCUT2D eigenvalue weighted by Crippen LogP contribution is 2.34. The Hall–Kier alpha value is -1.26. The van der Waals surface area contributed by atoms with Gasteiger partial charge in [-0.05, 0) is 37.2 Å². The van der Waals surface area contributed by atoms with E-state index in [0.717, 1.165) is 37.6 Å². The normalized spacial score (nSPS) is 17.6. The molecule has 1 aliphatic rings. The van der Waals surface area contributed by atoms with Crippen LogP contribution in [0.4, 0.5) is 0 Å². The van der Waals surface area contributed by atoms with Crippen LogP contribution in [0.3, 0.4) is 0 Å². The molecule has 1 aromatic rings. The second-order valence-electron chi connectivity index (χ2n) is 4.93. The van der Waals surface area contributed by atoms with Crippen LogP contribution >= 0.6 is 0 Å². The lowest BCUT2D eigenvalue weighted by Gasteiger charge is -2.25. The highest BCUT2D eigenvalue weighted by Gasteiger charge is 2.21. The molecule has 2 atom stereocenters. The Bertz CT molecular complexity index is 405. The van der Waals surface area contributed by atoms with Crippen LogP contribution in [0.1, 0.15) is 31.4 Å². The first kappa shape index (κ1) is 14.2. The Morgan fingerprint density at radius 3 is 2.63 bits per heavy atom. The van der Waals surface area contributed by atoms with E-state index < -0.39 is 0 Å². The Balaban J connectivity index is 2.26. The highest BCUT2D eigenvalue weighted by atomic mass is 16.5. The minimum Gasteiger partial charge on any atom is -0.490 e. The number of fused-ring (bicyclic) bond motifs is 1. The third kappa shape index (κ3) is 3.19. The fourth-order valence-electron chi connectivity index (χ4n) is 2.59. The third-order valence-corrected chi connectivity index (χ3v) is 3.74. The highest BCUT2D eigenvalue weighted by molar-refractivity contribution is 5.44. The molecule has 4 heteroatoms. The van der Waals surface area contributed by atoms with Crippen LogP contribution in [0, 0.1) is 5.92 Å². The summed E-state index contributed by atoms with van der Waals surface area (Å²) in [6.45, 7) is 4.29. The van der Waals surface area contributed by atoms with Crippen LogP contribution in [-0.2, 0) is 0 Å². The van der Waals surface area contributed by atoms with Gasteiger partial charge < -0.3 is 20.5 Å². The van der Waals surface area contributed by atoms with Gasteiger partial charge in [-0.15, -0.1) is 0 Å². The zero-order chi connectivity index (χ0) is 13.7. The maximum Gasteiger partial charge on any atom is 0.161 e. The lowest BCUT2D eigenvalue weighted by molar-refractivity contribution is 0.296. The fraction of sp³-hybridized carbons (Fsp3) is 0.600. The van der Waals surface area contributed by atoms with Gasteiger partial charge in [0.1, 0.15) is 0 Å². The van der Waals surface area contributed by atoms with Crippen molar-refractivity contribution in [3.63, 3.8) is 0 Å². The average molecular weight is 264 g/mol. The topological polar surface area (TPSA) is 56.5 Å². The number of rotatable bonds is 5. The smallest absolute Gasteiger partial charge is 0.161 e. The van der Waals surface area contributed by atoms with E-state index in [0.29, 0.717) is 12.5 Å². The van der Waals surface area contributed by atoms with Crippen LogP contribution in [0.15, 0.2) is 18.2 Å². The van der Waals surface area contributed by atoms with Crippen molar-refractivity contribution in [2.75, 3.05) is 26.8 Å². The molecule has 106 valence electrons. The van der Waals surface area contributed by atoms with Crippen molar-refractivity contribution < 1.29 is 9.47 Å². The fourth-order valence-corrected chi connectivity index (χ4v) is 2.59. The summed E-state index contributed by atoms with van der Waals surface area (Å²) in [4.78, 5) is 0. The Labute approximate surface area is 115 Å². The lowest BCUT2D eigenvalue weighted by atomic mass is 9.91. The second-order valence-corrected chi connectivity index (χ2v) is 4.93. The largest absolute Gasteiger partial charge is 0.490 e. The van der Waals surface area contributed by atoms with E-state index in [1.54, 1.807) is 0 Å². The number of hydrogen-bond acceptors (Lipinski definition) is 4. The van der Waals surface area contributed by atoms with Gasteiger partial charge in [0, 0.05) is 12.5 Å². The number of nitrogens with one attached hydrogen (secondary N) is 1. The molecule has 0 amide bonds. The second kappa shape index (κ2) is 6.78. The molecule has 3 N–H and O–H groups in total. The Morgan fingerprint density at radius 2 is 2.00 bits per heavy atom. The van der Waals surface area contributed by atoms with Crippen molar-refractivity contribution >= 4 is 0 Å². The van der Waals surface area contributed by atoms with Gasteiger partial charge in [0.25, 0.3) is 0 Å². The average Bonchev–Trinajstić information content (AvgIpc) is 2.69. The van der Waals surface area contributed by atoms with E-state index in [4.69, 9.17) is 15.2 Å². The van der Waals surface area contributed by atoms with E-state index in [1.807, 2.05) is 13.1 Å². The number of nitrogens with two attached hydrogens (primary N) is 1. The molecule has 0 saturated carbocycles. The zero-order valence-electron chi connectivity index (χ0n) is 11.8. The molecular formula is C15H24N2O2. The lowest BCUT2D eigenvalue weighted by Crippen LogP contribution is -2.30. The first-order valence-electron chi connectivity index (χ1n) is 7.07. The molecular weight excluding hydrogens is 240 g/mol. The van der Waals surface area contributed by atoms with Gasteiger partial charge in [0.15, 0.2) is 11.5 Å². The summed E-state index contributed by atoms with van der Waals surface area (Å²) in [5.41, 5.74) is 7.08. The summed E-state index contributed by atoms with van der Waals surface area (Å²) in [6.07, 6.45) is 1.98. The minimum atomic E-state index is 0.257. The molecule has 19 heavy (non-hydrogen) atoms. The van der Waals surface area contributed by atoms with Crippen molar-refractivity contribution in [3.05, 3.63) is 23.8 Å². The van der Waals surface area contributed by atoms with Crippen LogP contribution in [-0.4, -0.2) is 26.8 Å². The summed E-state index contributed by atoms with van der Waals surface area (Å²) in [5, 5.41) is 3.37. The minimum absolute atomic E-state index is 0.257. The molecule has 0 aliphatic carbocycles. The summed E-state index contributed by atoms with van der Waals surface area (Å²) in [6, 6.07) is 6.45. The molecule has 0 bridgehead atoms. The maximum absolute atomic E-state index is 5.86. The quantitative estimate of drug-likeness (QED) is 0.855. The van der Waals surface area contributed by atoms with Gasteiger partial charge in [-0.1, -0.05) is 19.4 Å². The monoisotopic (exact) mass is 264 g/mol. The van der Waals surface area contributed by atoms with Crippen LogP contribution in [0.2, 0.25) is 0 Å². The standard InChI is InChI=1S/C15H24N2O2/c1-3-11(10-16)15(17-2)12-5-6-13-14(9-12)19-8-4-7-18-13/h5-6,9,11,15,17H,3-4,7-8,10,16H2,1-2H3. The molecule has 0 radical (unpaired) electrons. The van der Waals surface area contributed by atoms with Gasteiger partial charge in [0.2, 0.25) is 0 Å². The van der Waals surface area contributed by atoms with Crippen molar-refractivity contribution in [2.24, 2.45) is 11.7 Å². The number of ether oxygens (including phenoxy) is 2. The van der Waals surface area contributed by atoms with Crippen LogP contribution in [0.25, 0.3) is 0 Å². The summed E-state index contributed by atoms with van der Waals surface area (Å²) < 4.78 is 11.4. The van der Waals surface area contributed by atoms with Crippen molar-refractivity contribution in [2.45, 2.75) is 25.8 Å². The van der Waals surface area contributed by atoms with E-state index in [-0.39, 0.29) is 6.04 Å². The Kier molecular flexibility index (Phi) is 5.05. The molecule has 2 unspecified atom stereocenters. The van der Waals surface area contributed by atoms with Gasteiger partial charge in [-0.3, -0.25) is 0 Å². The molecule has 1 heterocycles. The molecule has 4 nitrogen and oxygen atoms in total. The van der Waals surface area contributed by atoms with Crippen LogP contribution < -0.4 is 20.5 Å². The molecule has 0 saturated heterocycles. The Morgan fingerprint density at radius 1 is 1.26 bits per heavy atom. The first-order valence-corrected chi connectivity index (χ1v) is 7.07. The summed E-state index contributed by atoms with van der Waals surface area (Å²) in [5.74, 6) is 2.12. The van der Waals surface area contributed by atoms with E-state index in [9.17, 15) is 0 Å². The zero-order valence-corrected chi connectivity index (χ0v) is 11.8. The third-order valence-electron chi connectivity index (χ3n) is 3.74. The van der Waals surface area contributed by atoms with E-state index in [2.05, 4.69) is 24.4 Å². The van der Waals surface area contributed by atoms with Crippen LogP contribution in [0.5, 0.6) is 11.5 Å². The molecule has 0 aromatic heterocycles. The SMILES string of the molecule is CCC(CN)C(NC)c1ccc2c(c1)OCCCO2. The number of benzene rings is 1. The number of hydrogen-bond donors (Lipinski definition) is 2. The summed E-state index contributed by atoms with van der Waals surface area (Å²) >= 11 is 0. The van der Waals surface area contributed by atoms with Crippen molar-refractivity contribution in [3.8, 4) is 11.5 Å². The van der Waals surface area contributed by atoms with Gasteiger partial charge in [0.05, 0.1) is 13.2 Å². The van der Waals surface area contributed by atoms with Gasteiger partial charge >= 0.3 is 0 Å². The predicted octanol–water partition coefficient (Wildman–Crippen LogP) is 2.09. The molecule has 0 fully saturated rings. The van der Waals surface area contributed by atoms with Crippen molar-refractivity contribution in [1.29, 1.82) is 0 Å². The molecule has 1 aromatic carbocycles. The first-order chi connectivity index (χ1) is 9.30. The van der Waals surface area contributed by atoms with Gasteiger partial charge in [-0.25, -0.2) is 0 Å². The molecule has 2 rings (SSSR count). The molecule has 0 spiro atoms. The molecule has 1 aliphatic heterocycles. The predicted molar refractivity (Wildman–Crippen MR) is 76.7 cm³/mol. The maximum atomic E-state index is 5.86. The van der Waals surface area contributed by atoms with Gasteiger partial charge in [-0.2, -0.15) is 0 Å². The van der Waals surface area contributed by atoms with E-state index in [1.165, 1.54) is 5.56 Å². The van der Waals surface area contributed by atoms with Crippen molar-refractivity contribution in [1.82, 2.24) is 5.32 Å².